The van der Waals surface area contributed by atoms with Crippen molar-refractivity contribution in [3.05, 3.63) is 36.5 Å². The number of ether oxygens (including phenoxy) is 4. The number of Topliss-reactive ketones (excluding diaryl/α,β-unsaturated/α-hetero) is 2. The monoisotopic (exact) mass is 733 g/mol. The number of fused-ring (bicyclic) bond motifs is 3. The molecule has 0 aromatic rings. The van der Waals surface area contributed by atoms with Crippen LogP contribution in [0.5, 0.6) is 0 Å². The summed E-state index contributed by atoms with van der Waals surface area (Å²) in [5.41, 5.74) is 1.92. The van der Waals surface area contributed by atoms with E-state index in [2.05, 4.69) is 19.2 Å². The van der Waals surface area contributed by atoms with Gasteiger partial charge in [-0.1, -0.05) is 38.5 Å². The van der Waals surface area contributed by atoms with Crippen LogP contribution in [-0.4, -0.2) is 114 Å². The summed E-state index contributed by atoms with van der Waals surface area (Å²) in [6, 6.07) is -0.423. The van der Waals surface area contributed by atoms with Crippen LogP contribution in [0, 0.1) is 23.7 Å². The average molecular weight is 734 g/mol. The van der Waals surface area contributed by atoms with Crippen molar-refractivity contribution in [3.63, 3.8) is 0 Å². The Kier molecular flexibility index (Phi) is 17.4. The second kappa shape index (κ2) is 20.4. The summed E-state index contributed by atoms with van der Waals surface area (Å²) >= 11 is 0. The quantitative estimate of drug-likeness (QED) is 0.263. The van der Waals surface area contributed by atoms with Crippen molar-refractivity contribution in [3.8, 4) is 0 Å². The molecule has 0 radical (unpaired) electrons. The number of nitrogens with zero attached hydrogens (tertiary/aromatic N) is 1. The zero-order valence-corrected chi connectivity index (χ0v) is 32.8. The van der Waals surface area contributed by atoms with Crippen LogP contribution in [0.2, 0.25) is 0 Å². The minimum absolute atomic E-state index is 0.0225. The van der Waals surface area contributed by atoms with Gasteiger partial charge in [-0.2, -0.15) is 0 Å². The van der Waals surface area contributed by atoms with Crippen LogP contribution in [0.3, 0.4) is 0 Å². The lowest BCUT2D eigenvalue weighted by atomic mass is 9.82. The largest absolute Gasteiger partial charge is 0.392 e. The smallest absolute Gasteiger partial charge is 0.296 e. The van der Waals surface area contributed by atoms with Gasteiger partial charge in [0.2, 0.25) is 5.79 Å². The number of aliphatic hydroxyl groups is 3. The number of rotatable bonds is 4. The van der Waals surface area contributed by atoms with Crippen molar-refractivity contribution in [1.82, 2.24) is 4.90 Å². The van der Waals surface area contributed by atoms with E-state index in [1.807, 2.05) is 33.8 Å². The van der Waals surface area contributed by atoms with Gasteiger partial charge >= 0.3 is 0 Å². The molecule has 1 aliphatic carbocycles. The molecular formula is C41H67NO10. The van der Waals surface area contributed by atoms with Gasteiger partial charge in [-0.3, -0.25) is 14.4 Å². The number of hydrogen-bond donors (Lipinski definition) is 3. The molecule has 11 heteroatoms. The van der Waals surface area contributed by atoms with Gasteiger partial charge in [0, 0.05) is 44.9 Å². The number of aliphatic hydroxyl groups excluding tert-OH is 2. The summed E-state index contributed by atoms with van der Waals surface area (Å²) in [6.07, 6.45) is 7.24. The Bertz CT molecular complexity index is 1250. The summed E-state index contributed by atoms with van der Waals surface area (Å²) < 4.78 is 24.0. The molecular weight excluding hydrogens is 666 g/mol. The molecule has 12 unspecified atom stereocenters. The van der Waals surface area contributed by atoms with Gasteiger partial charge in [0.15, 0.2) is 0 Å². The van der Waals surface area contributed by atoms with Gasteiger partial charge < -0.3 is 39.2 Å². The van der Waals surface area contributed by atoms with Crippen LogP contribution in [-0.2, 0) is 33.3 Å². The summed E-state index contributed by atoms with van der Waals surface area (Å²) in [5.74, 6) is -5.44. The zero-order valence-electron chi connectivity index (χ0n) is 32.8. The standard InChI is InChI=1S/C39H63NO10.C2H4/c1-23-11-10-13-33-35(48-7)19-26(4)39(46,50-33)37(44)38(45)40-16-9-8-12-29(40)22-49-36(27(5)32(43)21-31(42)24(2)17-23)25(3)18-28-14-15-30(41)34(20-28)47-6;1-2/h17-18,24,26-30,32-36,41,43,46H,8-16,19-22H2,1-7H3;1-2H2/b23-17+,25-18+;. The molecule has 4 aliphatic rings. The molecule has 12 atom stereocenters. The molecule has 2 bridgehead atoms. The summed E-state index contributed by atoms with van der Waals surface area (Å²) in [5, 5.41) is 33.6. The van der Waals surface area contributed by atoms with Crippen LogP contribution in [0.25, 0.3) is 0 Å². The van der Waals surface area contributed by atoms with Gasteiger partial charge in [0.1, 0.15) is 5.78 Å². The molecule has 3 fully saturated rings. The molecule has 3 N–H and O–H groups in total. The number of carbonyl (C=O) groups is 3. The third-order valence-corrected chi connectivity index (χ3v) is 11.8. The molecule has 296 valence electrons. The first-order chi connectivity index (χ1) is 24.7. The van der Waals surface area contributed by atoms with E-state index in [0.717, 1.165) is 30.4 Å². The van der Waals surface area contributed by atoms with Crippen molar-refractivity contribution >= 4 is 17.5 Å². The molecule has 4 rings (SSSR count). The highest BCUT2D eigenvalue weighted by Gasteiger charge is 2.54. The van der Waals surface area contributed by atoms with E-state index in [0.29, 0.717) is 51.5 Å². The van der Waals surface area contributed by atoms with Crippen LogP contribution in [0.15, 0.2) is 36.5 Å². The Hall–Kier alpha value is -2.25. The first-order valence-electron chi connectivity index (χ1n) is 19.4. The topological polar surface area (TPSA) is 152 Å². The molecule has 0 aromatic carbocycles. The van der Waals surface area contributed by atoms with E-state index >= 15 is 0 Å². The lowest BCUT2D eigenvalue weighted by Crippen LogP contribution is -2.62. The number of allylic oxidation sites excluding steroid dienone is 3. The van der Waals surface area contributed by atoms with Crippen molar-refractivity contribution in [2.45, 2.75) is 154 Å². The van der Waals surface area contributed by atoms with Crippen molar-refractivity contribution in [2.24, 2.45) is 23.7 Å². The zero-order chi connectivity index (χ0) is 38.7. The SMILES string of the molecule is C=C.COC1CC(/C=C(\C)C2OCC3CCCCN3C(=O)C(=O)C3(O)OC(CCC/C(C)=C/C(C)C(=O)CC(O)C2C)C(OC)CC3C)CCC1O. The van der Waals surface area contributed by atoms with Crippen LogP contribution < -0.4 is 0 Å². The second-order valence-corrected chi connectivity index (χ2v) is 15.6. The molecule has 1 amide bonds. The number of piperidine rings is 1. The van der Waals surface area contributed by atoms with Crippen LogP contribution >= 0.6 is 0 Å². The third kappa shape index (κ3) is 10.9. The number of carbonyl (C=O) groups excluding carboxylic acids is 3. The number of methoxy groups -OCH3 is 2. The molecule has 3 aliphatic heterocycles. The first-order valence-corrected chi connectivity index (χ1v) is 19.4. The number of amides is 1. The predicted octanol–water partition coefficient (Wildman–Crippen LogP) is 5.10. The van der Waals surface area contributed by atoms with E-state index in [4.69, 9.17) is 18.9 Å². The van der Waals surface area contributed by atoms with Gasteiger partial charge in [0.05, 0.1) is 49.3 Å². The maximum absolute atomic E-state index is 14.0. The van der Waals surface area contributed by atoms with Crippen molar-refractivity contribution < 1.29 is 48.7 Å². The third-order valence-electron chi connectivity index (χ3n) is 11.8. The fourth-order valence-electron chi connectivity index (χ4n) is 8.47. The van der Waals surface area contributed by atoms with E-state index in [1.54, 1.807) is 21.1 Å². The molecule has 52 heavy (non-hydrogen) atoms. The summed E-state index contributed by atoms with van der Waals surface area (Å²) in [4.78, 5) is 42.8. The summed E-state index contributed by atoms with van der Waals surface area (Å²) in [6.45, 7) is 15.8. The van der Waals surface area contributed by atoms with Crippen LogP contribution in [0.1, 0.15) is 105 Å². The molecule has 3 heterocycles. The van der Waals surface area contributed by atoms with E-state index in [1.165, 1.54) is 4.90 Å². The minimum Gasteiger partial charge on any atom is -0.392 e. The normalized spacial score (nSPS) is 40.5. The highest BCUT2D eigenvalue weighted by molar-refractivity contribution is 6.38. The maximum atomic E-state index is 14.0. The van der Waals surface area contributed by atoms with Crippen LogP contribution in [0.4, 0.5) is 0 Å². The Morgan fingerprint density at radius 3 is 2.33 bits per heavy atom. The van der Waals surface area contributed by atoms with Gasteiger partial charge in [0.25, 0.3) is 11.7 Å². The lowest BCUT2D eigenvalue weighted by Gasteiger charge is -2.45. The van der Waals surface area contributed by atoms with Crippen molar-refractivity contribution in [2.75, 3.05) is 27.4 Å². The number of ketones is 2. The van der Waals surface area contributed by atoms with Gasteiger partial charge in [-0.05, 0) is 89.5 Å². The van der Waals surface area contributed by atoms with Gasteiger partial charge in [-0.25, -0.2) is 0 Å². The molecule has 0 spiro atoms. The fraction of sp³-hybridized carbons (Fsp3) is 0.780. The molecule has 0 aromatic heterocycles. The molecule has 2 saturated heterocycles. The Morgan fingerprint density at radius 2 is 1.65 bits per heavy atom. The first kappa shape index (κ1) is 44.1. The molecule has 11 nitrogen and oxygen atoms in total. The Labute approximate surface area is 311 Å². The summed E-state index contributed by atoms with van der Waals surface area (Å²) in [7, 11) is 3.19. The van der Waals surface area contributed by atoms with E-state index < -0.39 is 59.8 Å². The molecule has 1 saturated carbocycles. The number of hydrogen-bond acceptors (Lipinski definition) is 10. The average Bonchev–Trinajstić information content (AvgIpc) is 3.13. The predicted molar refractivity (Wildman–Crippen MR) is 199 cm³/mol. The van der Waals surface area contributed by atoms with E-state index in [9.17, 15) is 29.7 Å². The lowest BCUT2D eigenvalue weighted by molar-refractivity contribution is -0.286. The highest BCUT2D eigenvalue weighted by Crippen LogP contribution is 2.38. The fourth-order valence-corrected chi connectivity index (χ4v) is 8.47. The maximum Gasteiger partial charge on any atom is 0.296 e. The second-order valence-electron chi connectivity index (χ2n) is 15.6. The Morgan fingerprint density at radius 1 is 0.962 bits per heavy atom. The van der Waals surface area contributed by atoms with Crippen molar-refractivity contribution in [1.29, 1.82) is 0 Å². The highest BCUT2D eigenvalue weighted by atomic mass is 16.7. The Balaban J connectivity index is 0.00000358. The minimum atomic E-state index is -2.28. The van der Waals surface area contributed by atoms with Gasteiger partial charge in [-0.15, -0.1) is 13.2 Å². The van der Waals surface area contributed by atoms with E-state index in [-0.39, 0.29) is 42.9 Å².